The van der Waals surface area contributed by atoms with Crippen LogP contribution >= 0.6 is 0 Å². The first-order valence-electron chi connectivity index (χ1n) is 11.8. The maximum absolute atomic E-state index is 13.6. The zero-order valence-electron chi connectivity index (χ0n) is 19.8. The SMILES string of the molecule is COC(=O)c1ccc(C(C)NC(=O)C2(c3cccc(OCc4ccccc4)c3)CCCC2)cc1. The van der Waals surface area contributed by atoms with Crippen molar-refractivity contribution in [1.82, 2.24) is 5.32 Å². The van der Waals surface area contributed by atoms with E-state index in [1.807, 2.05) is 73.7 Å². The highest BCUT2D eigenvalue weighted by atomic mass is 16.5. The summed E-state index contributed by atoms with van der Waals surface area (Å²) < 4.78 is 10.8. The summed E-state index contributed by atoms with van der Waals surface area (Å²) in [6.07, 6.45) is 3.67. The molecule has 1 N–H and O–H groups in total. The molecule has 1 aliphatic carbocycles. The topological polar surface area (TPSA) is 64.6 Å². The van der Waals surface area contributed by atoms with Gasteiger partial charge in [-0.1, -0.05) is 67.4 Å². The Morgan fingerprint density at radius 1 is 0.941 bits per heavy atom. The predicted molar refractivity (Wildman–Crippen MR) is 132 cm³/mol. The average Bonchev–Trinajstić information content (AvgIpc) is 3.39. The van der Waals surface area contributed by atoms with Crippen LogP contribution in [0.2, 0.25) is 0 Å². The number of rotatable bonds is 8. The van der Waals surface area contributed by atoms with Crippen molar-refractivity contribution in [3.63, 3.8) is 0 Å². The van der Waals surface area contributed by atoms with Gasteiger partial charge in [0.15, 0.2) is 0 Å². The second kappa shape index (κ2) is 10.6. The molecule has 1 atom stereocenters. The Labute approximate surface area is 201 Å². The van der Waals surface area contributed by atoms with Gasteiger partial charge in [-0.05, 0) is 60.7 Å². The third-order valence-corrected chi connectivity index (χ3v) is 6.71. The van der Waals surface area contributed by atoms with Crippen molar-refractivity contribution >= 4 is 11.9 Å². The minimum Gasteiger partial charge on any atom is -0.489 e. The van der Waals surface area contributed by atoms with Gasteiger partial charge in [-0.15, -0.1) is 0 Å². The standard InChI is InChI=1S/C29H31NO4/c1-21(23-13-15-24(16-14-23)27(31)33-2)30-28(32)29(17-6-7-18-29)25-11-8-12-26(19-25)34-20-22-9-4-3-5-10-22/h3-5,8-16,19,21H,6-7,17-18,20H2,1-2H3,(H,30,32). The first kappa shape index (κ1) is 23.6. The molecule has 1 unspecified atom stereocenters. The van der Waals surface area contributed by atoms with E-state index in [2.05, 4.69) is 5.32 Å². The molecule has 176 valence electrons. The highest BCUT2D eigenvalue weighted by Crippen LogP contribution is 2.42. The Hall–Kier alpha value is -3.60. The van der Waals surface area contributed by atoms with Gasteiger partial charge in [0.2, 0.25) is 5.91 Å². The summed E-state index contributed by atoms with van der Waals surface area (Å²) >= 11 is 0. The molecule has 0 aliphatic heterocycles. The Balaban J connectivity index is 1.49. The van der Waals surface area contributed by atoms with E-state index in [-0.39, 0.29) is 17.9 Å². The summed E-state index contributed by atoms with van der Waals surface area (Å²) in [6, 6.07) is 25.0. The van der Waals surface area contributed by atoms with Crippen LogP contribution in [-0.2, 0) is 21.6 Å². The van der Waals surface area contributed by atoms with Gasteiger partial charge >= 0.3 is 5.97 Å². The number of hydrogen-bond acceptors (Lipinski definition) is 4. The molecule has 3 aromatic rings. The molecule has 34 heavy (non-hydrogen) atoms. The molecule has 1 amide bonds. The van der Waals surface area contributed by atoms with Crippen LogP contribution in [0, 0.1) is 0 Å². The monoisotopic (exact) mass is 457 g/mol. The van der Waals surface area contributed by atoms with Gasteiger partial charge in [-0.25, -0.2) is 4.79 Å². The number of carbonyl (C=O) groups excluding carboxylic acids is 2. The molecule has 0 radical (unpaired) electrons. The lowest BCUT2D eigenvalue weighted by Crippen LogP contribution is -2.43. The maximum Gasteiger partial charge on any atom is 0.337 e. The molecule has 0 spiro atoms. The van der Waals surface area contributed by atoms with Gasteiger partial charge in [0.25, 0.3) is 0 Å². The van der Waals surface area contributed by atoms with Crippen molar-refractivity contribution in [2.75, 3.05) is 7.11 Å². The van der Waals surface area contributed by atoms with Gasteiger partial charge in [-0.2, -0.15) is 0 Å². The molecule has 5 heteroatoms. The summed E-state index contributed by atoms with van der Waals surface area (Å²) in [4.78, 5) is 25.3. The Morgan fingerprint density at radius 3 is 2.32 bits per heavy atom. The number of amides is 1. The third kappa shape index (κ3) is 5.14. The normalized spacial score (nSPS) is 15.4. The molecule has 5 nitrogen and oxygen atoms in total. The first-order chi connectivity index (χ1) is 16.5. The van der Waals surface area contributed by atoms with Crippen LogP contribution in [0.15, 0.2) is 78.9 Å². The number of hydrogen-bond donors (Lipinski definition) is 1. The van der Waals surface area contributed by atoms with E-state index in [0.717, 1.165) is 48.1 Å². The van der Waals surface area contributed by atoms with Crippen LogP contribution in [0.3, 0.4) is 0 Å². The minimum absolute atomic E-state index is 0.0368. The second-order valence-corrected chi connectivity index (χ2v) is 8.90. The van der Waals surface area contributed by atoms with Crippen molar-refractivity contribution in [2.24, 2.45) is 0 Å². The van der Waals surface area contributed by atoms with Crippen LogP contribution in [0.5, 0.6) is 5.75 Å². The maximum atomic E-state index is 13.6. The van der Waals surface area contributed by atoms with Crippen LogP contribution in [-0.4, -0.2) is 19.0 Å². The summed E-state index contributed by atoms with van der Waals surface area (Å²) in [6.45, 7) is 2.45. The molecule has 1 fully saturated rings. The molecule has 1 aliphatic rings. The molecule has 3 aromatic carbocycles. The van der Waals surface area contributed by atoms with Crippen molar-refractivity contribution in [1.29, 1.82) is 0 Å². The van der Waals surface area contributed by atoms with Crippen molar-refractivity contribution in [3.8, 4) is 5.75 Å². The number of carbonyl (C=O) groups is 2. The van der Waals surface area contributed by atoms with Gasteiger partial charge in [-0.3, -0.25) is 4.79 Å². The highest BCUT2D eigenvalue weighted by molar-refractivity contribution is 5.90. The molecule has 0 heterocycles. The first-order valence-corrected chi connectivity index (χ1v) is 11.8. The molecule has 0 bridgehead atoms. The minimum atomic E-state index is -0.563. The van der Waals surface area contributed by atoms with Crippen LogP contribution in [0.4, 0.5) is 0 Å². The molecule has 1 saturated carbocycles. The molecule has 0 saturated heterocycles. The van der Waals surface area contributed by atoms with Gasteiger partial charge in [0.1, 0.15) is 12.4 Å². The molecule has 0 aromatic heterocycles. The van der Waals surface area contributed by atoms with E-state index in [1.165, 1.54) is 7.11 Å². The van der Waals surface area contributed by atoms with Gasteiger partial charge in [0, 0.05) is 0 Å². The number of ether oxygens (including phenoxy) is 2. The van der Waals surface area contributed by atoms with Gasteiger partial charge < -0.3 is 14.8 Å². The van der Waals surface area contributed by atoms with Crippen molar-refractivity contribution in [3.05, 3.63) is 101 Å². The smallest absolute Gasteiger partial charge is 0.337 e. The van der Waals surface area contributed by atoms with Crippen LogP contribution in [0.1, 0.15) is 65.7 Å². The lowest BCUT2D eigenvalue weighted by molar-refractivity contribution is -0.127. The summed E-state index contributed by atoms with van der Waals surface area (Å²) in [5.74, 6) is 0.434. The Bertz CT molecular complexity index is 1120. The zero-order valence-corrected chi connectivity index (χ0v) is 19.8. The third-order valence-electron chi connectivity index (χ3n) is 6.71. The zero-order chi connectivity index (χ0) is 24.0. The second-order valence-electron chi connectivity index (χ2n) is 8.90. The summed E-state index contributed by atoms with van der Waals surface area (Å²) in [5.41, 5.74) is 2.97. The largest absolute Gasteiger partial charge is 0.489 e. The van der Waals surface area contributed by atoms with E-state index in [1.54, 1.807) is 12.1 Å². The predicted octanol–water partition coefficient (Wildman–Crippen LogP) is 5.74. The quantitative estimate of drug-likeness (QED) is 0.438. The lowest BCUT2D eigenvalue weighted by Gasteiger charge is -2.30. The van der Waals surface area contributed by atoms with E-state index >= 15 is 0 Å². The highest BCUT2D eigenvalue weighted by Gasteiger charge is 2.43. The van der Waals surface area contributed by atoms with E-state index in [4.69, 9.17) is 9.47 Å². The van der Waals surface area contributed by atoms with Gasteiger partial charge in [0.05, 0.1) is 24.1 Å². The number of nitrogens with one attached hydrogen (secondary N) is 1. The van der Waals surface area contributed by atoms with E-state index in [9.17, 15) is 9.59 Å². The summed E-state index contributed by atoms with van der Waals surface area (Å²) in [5, 5.41) is 3.22. The van der Waals surface area contributed by atoms with E-state index < -0.39 is 5.41 Å². The van der Waals surface area contributed by atoms with Crippen LogP contribution in [0.25, 0.3) is 0 Å². The average molecular weight is 458 g/mol. The fraction of sp³-hybridized carbons (Fsp3) is 0.310. The molecule has 4 rings (SSSR count). The Kier molecular flexibility index (Phi) is 7.31. The fourth-order valence-electron chi connectivity index (χ4n) is 4.69. The molecular formula is C29H31NO4. The van der Waals surface area contributed by atoms with Crippen LogP contribution < -0.4 is 10.1 Å². The number of esters is 1. The van der Waals surface area contributed by atoms with Crippen molar-refractivity contribution in [2.45, 2.75) is 50.7 Å². The fourth-order valence-corrected chi connectivity index (χ4v) is 4.69. The van der Waals surface area contributed by atoms with Crippen molar-refractivity contribution < 1.29 is 19.1 Å². The molecular weight excluding hydrogens is 426 g/mol. The number of benzene rings is 3. The lowest BCUT2D eigenvalue weighted by atomic mass is 9.77. The Morgan fingerprint density at radius 2 is 1.65 bits per heavy atom. The summed E-state index contributed by atoms with van der Waals surface area (Å²) in [7, 11) is 1.36. The number of methoxy groups -OCH3 is 1. The van der Waals surface area contributed by atoms with E-state index in [0.29, 0.717) is 12.2 Å².